The summed E-state index contributed by atoms with van der Waals surface area (Å²) >= 11 is -0.556. The number of nitrogens with one attached hydrogen (secondary N) is 1. The van der Waals surface area contributed by atoms with Crippen molar-refractivity contribution < 1.29 is 17.0 Å². The standard InChI is InChI=1S/C16H28NSi.2ClH.Ti/c1-10-11(2)13(4)15(12(10)3)18-9-8-14(18)17-16(5,6)7;;;/h14-15,17H,8-9H2,1-7H3;2*1H;/q;;;+2/p-2. The summed E-state index contributed by atoms with van der Waals surface area (Å²) in [4.78, 5) is 0. The van der Waals surface area contributed by atoms with Gasteiger partial charge in [-0.15, -0.1) is 0 Å². The number of rotatable bonds is 2. The molecule has 119 valence electrons. The fraction of sp³-hybridized carbons (Fsp3) is 0.750. The normalized spacial score (nSPS) is 24.0. The van der Waals surface area contributed by atoms with Crippen LogP contribution in [0.4, 0.5) is 0 Å². The molecule has 21 heavy (non-hydrogen) atoms. The van der Waals surface area contributed by atoms with Gasteiger partial charge in [0, 0.05) is 5.54 Å². The first kappa shape index (κ1) is 20.0. The molecule has 0 saturated carbocycles. The summed E-state index contributed by atoms with van der Waals surface area (Å²) in [6.07, 6.45) is 1.39. The van der Waals surface area contributed by atoms with Gasteiger partial charge in [0.2, 0.25) is 0 Å². The fourth-order valence-electron chi connectivity index (χ4n) is 3.39. The topological polar surface area (TPSA) is 12.0 Å². The molecular formula is C16H28Cl2NSiTi. The van der Waals surface area contributed by atoms with Gasteiger partial charge >= 0.3 is 35.6 Å². The second-order valence-corrected chi connectivity index (χ2v) is 12.7. The summed E-state index contributed by atoms with van der Waals surface area (Å²) in [6, 6.07) is 1.48. The summed E-state index contributed by atoms with van der Waals surface area (Å²) < 4.78 is 0. The second-order valence-electron chi connectivity index (χ2n) is 7.18. The van der Waals surface area contributed by atoms with Crippen LogP contribution in [0.15, 0.2) is 22.3 Å². The van der Waals surface area contributed by atoms with Crippen molar-refractivity contribution >= 4 is 27.4 Å². The molecule has 1 N–H and O–H groups in total. The first-order chi connectivity index (χ1) is 9.64. The third-order valence-electron chi connectivity index (χ3n) is 4.76. The van der Waals surface area contributed by atoms with Crippen LogP contribution < -0.4 is 5.32 Å². The molecule has 0 aromatic rings. The van der Waals surface area contributed by atoms with E-state index in [0.29, 0.717) is 0 Å². The zero-order chi connectivity index (χ0) is 16.4. The summed E-state index contributed by atoms with van der Waals surface area (Å²) in [7, 11) is 9.49. The maximum atomic E-state index is 4.89. The SMILES string of the molecule is CC1=C(C)C([Si]2CCC2NC(C)(C)C)C(C)=C1C.[Cl][Ti][Cl]. The number of hydrogen-bond acceptors (Lipinski definition) is 1. The van der Waals surface area contributed by atoms with Crippen molar-refractivity contribution in [3.63, 3.8) is 0 Å². The van der Waals surface area contributed by atoms with Gasteiger partial charge in [-0.25, -0.2) is 0 Å². The molecular weight excluding hydrogens is 353 g/mol. The van der Waals surface area contributed by atoms with Crippen LogP contribution in [0.2, 0.25) is 11.6 Å². The van der Waals surface area contributed by atoms with Gasteiger partial charge in [0.05, 0.1) is 8.80 Å². The van der Waals surface area contributed by atoms with Crippen LogP contribution in [0.25, 0.3) is 0 Å². The zero-order valence-corrected chi connectivity index (χ0v) is 18.4. The molecule has 1 aliphatic carbocycles. The summed E-state index contributed by atoms with van der Waals surface area (Å²) in [5.41, 5.74) is 8.34. The van der Waals surface area contributed by atoms with Crippen LogP contribution in [0.5, 0.6) is 0 Å². The Morgan fingerprint density at radius 1 is 1.05 bits per heavy atom. The molecule has 2 rings (SSSR count). The molecule has 2 aliphatic rings. The summed E-state index contributed by atoms with van der Waals surface area (Å²) in [5.74, 6) is 0. The van der Waals surface area contributed by atoms with E-state index < -0.39 is 17.0 Å². The Morgan fingerprint density at radius 2 is 1.48 bits per heavy atom. The van der Waals surface area contributed by atoms with E-state index in [2.05, 4.69) is 53.8 Å². The van der Waals surface area contributed by atoms with Crippen LogP contribution in [-0.4, -0.2) is 20.0 Å². The molecule has 0 spiro atoms. The van der Waals surface area contributed by atoms with Gasteiger partial charge in [0.1, 0.15) is 0 Å². The van der Waals surface area contributed by atoms with E-state index in [1.54, 1.807) is 22.3 Å². The molecule has 1 radical (unpaired) electrons. The van der Waals surface area contributed by atoms with Gasteiger partial charge in [-0.1, -0.05) is 17.2 Å². The van der Waals surface area contributed by atoms with Crippen molar-refractivity contribution in [3.05, 3.63) is 22.3 Å². The molecule has 1 aliphatic heterocycles. The average molecular weight is 381 g/mol. The molecule has 1 heterocycles. The monoisotopic (exact) mass is 380 g/mol. The van der Waals surface area contributed by atoms with Gasteiger partial charge in [-0.2, -0.15) is 0 Å². The molecule has 1 saturated heterocycles. The van der Waals surface area contributed by atoms with Crippen molar-refractivity contribution in [1.29, 1.82) is 0 Å². The van der Waals surface area contributed by atoms with Crippen LogP contribution in [-0.2, 0) is 17.0 Å². The van der Waals surface area contributed by atoms with Crippen LogP contribution >= 0.6 is 18.6 Å². The van der Waals surface area contributed by atoms with E-state index in [4.69, 9.17) is 18.6 Å². The van der Waals surface area contributed by atoms with Crippen LogP contribution in [0.3, 0.4) is 0 Å². The van der Waals surface area contributed by atoms with E-state index in [9.17, 15) is 0 Å². The molecule has 1 nitrogen and oxygen atoms in total. The van der Waals surface area contributed by atoms with Crippen LogP contribution in [0.1, 0.15) is 54.9 Å². The average Bonchev–Trinajstić information content (AvgIpc) is 2.53. The third kappa shape index (κ3) is 4.96. The summed E-state index contributed by atoms with van der Waals surface area (Å²) in [6.45, 7) is 16.2. The van der Waals surface area contributed by atoms with Gasteiger partial charge in [0.25, 0.3) is 0 Å². The first-order valence-corrected chi connectivity index (χ1v) is 13.7. The Hall–Kier alpha value is 0.951. The Balaban J connectivity index is 0.000000677. The number of hydrogen-bond donors (Lipinski definition) is 1. The molecule has 0 aromatic heterocycles. The molecule has 0 amide bonds. The molecule has 0 aromatic carbocycles. The Kier molecular flexibility index (Phi) is 7.78. The molecule has 5 heteroatoms. The zero-order valence-electron chi connectivity index (χ0n) is 14.3. The minimum atomic E-state index is -0.556. The van der Waals surface area contributed by atoms with E-state index in [1.807, 2.05) is 0 Å². The van der Waals surface area contributed by atoms with E-state index in [0.717, 1.165) is 11.2 Å². The van der Waals surface area contributed by atoms with Gasteiger partial charge in [0.15, 0.2) is 0 Å². The fourth-order valence-corrected chi connectivity index (χ4v) is 7.16. The Bertz CT molecular complexity index is 416. The maximum absolute atomic E-state index is 4.89. The van der Waals surface area contributed by atoms with Gasteiger partial charge < -0.3 is 5.32 Å². The minimum absolute atomic E-state index is 0.263. The second kappa shape index (κ2) is 8.17. The summed E-state index contributed by atoms with van der Waals surface area (Å²) in [5, 5.41) is 3.85. The van der Waals surface area contributed by atoms with Crippen molar-refractivity contribution in [2.45, 2.75) is 77.7 Å². The molecule has 1 atom stereocenters. The predicted octanol–water partition coefficient (Wildman–Crippen LogP) is 5.61. The van der Waals surface area contributed by atoms with E-state index >= 15 is 0 Å². The molecule has 0 bridgehead atoms. The third-order valence-corrected chi connectivity index (χ3v) is 8.56. The number of allylic oxidation sites excluding steroid dienone is 4. The van der Waals surface area contributed by atoms with Gasteiger partial charge in [-0.3, -0.25) is 0 Å². The van der Waals surface area contributed by atoms with Crippen molar-refractivity contribution in [2.75, 3.05) is 0 Å². The van der Waals surface area contributed by atoms with E-state index in [1.165, 1.54) is 12.5 Å². The quantitative estimate of drug-likeness (QED) is 0.613. The predicted molar refractivity (Wildman–Crippen MR) is 94.1 cm³/mol. The van der Waals surface area contributed by atoms with Crippen molar-refractivity contribution in [2.24, 2.45) is 0 Å². The van der Waals surface area contributed by atoms with E-state index in [-0.39, 0.29) is 14.3 Å². The van der Waals surface area contributed by atoms with Crippen molar-refractivity contribution in [1.82, 2.24) is 5.32 Å². The Morgan fingerprint density at radius 3 is 1.76 bits per heavy atom. The van der Waals surface area contributed by atoms with Crippen molar-refractivity contribution in [3.8, 4) is 0 Å². The van der Waals surface area contributed by atoms with Gasteiger partial charge in [-0.05, 0) is 77.2 Å². The number of halogens is 2. The Labute approximate surface area is 149 Å². The molecule has 1 unspecified atom stereocenters. The van der Waals surface area contributed by atoms with Crippen LogP contribution in [0, 0.1) is 0 Å². The first-order valence-electron chi connectivity index (χ1n) is 7.58. The molecule has 1 fully saturated rings.